The molecule has 0 heterocycles. The molecule has 0 atom stereocenters. The number of carbonyl (C=O) groups is 1. The molecule has 28 heavy (non-hydrogen) atoms. The monoisotopic (exact) mass is 458 g/mol. The van der Waals surface area contributed by atoms with E-state index < -0.39 is 10.0 Å². The predicted molar refractivity (Wildman–Crippen MR) is 115 cm³/mol. The Kier molecular flexibility index (Phi) is 6.16. The van der Waals surface area contributed by atoms with Gasteiger partial charge >= 0.3 is 0 Å². The number of sulfonamides is 1. The number of anilines is 2. The van der Waals surface area contributed by atoms with Gasteiger partial charge in [0.05, 0.1) is 16.1 Å². The Labute approximate surface area is 173 Å². The molecule has 0 radical (unpaired) electrons. The number of hydrogen-bond acceptors (Lipinski definition) is 3. The second-order valence-corrected chi connectivity index (χ2v) is 8.68. The van der Waals surface area contributed by atoms with Gasteiger partial charge in [0.15, 0.2) is 0 Å². The largest absolute Gasteiger partial charge is 0.322 e. The van der Waals surface area contributed by atoms with E-state index in [-0.39, 0.29) is 10.8 Å². The maximum absolute atomic E-state index is 13.0. The minimum atomic E-state index is -3.70. The Morgan fingerprint density at radius 2 is 1.54 bits per heavy atom. The van der Waals surface area contributed by atoms with Crippen LogP contribution in [0.15, 0.2) is 88.2 Å². The first kappa shape index (κ1) is 20.1. The summed E-state index contributed by atoms with van der Waals surface area (Å²) >= 11 is 3.35. The number of nitrogens with zero attached hydrogens (tertiary/aromatic N) is 1. The Morgan fingerprint density at radius 3 is 2.14 bits per heavy atom. The van der Waals surface area contributed by atoms with E-state index in [4.69, 9.17) is 0 Å². The summed E-state index contributed by atoms with van der Waals surface area (Å²) in [6, 6.07) is 22.2. The van der Waals surface area contributed by atoms with E-state index in [2.05, 4.69) is 21.2 Å². The van der Waals surface area contributed by atoms with Crippen molar-refractivity contribution in [3.63, 3.8) is 0 Å². The third-order valence-corrected chi connectivity index (χ3v) is 6.76. The van der Waals surface area contributed by atoms with Crippen LogP contribution in [0.3, 0.4) is 0 Å². The van der Waals surface area contributed by atoms with Crippen molar-refractivity contribution in [2.24, 2.45) is 0 Å². The topological polar surface area (TPSA) is 66.5 Å². The molecule has 0 aliphatic rings. The molecule has 0 fully saturated rings. The smallest absolute Gasteiger partial charge is 0.264 e. The van der Waals surface area contributed by atoms with E-state index in [0.717, 1.165) is 0 Å². The zero-order valence-electron chi connectivity index (χ0n) is 15.2. The lowest BCUT2D eigenvalue weighted by atomic mass is 10.2. The third kappa shape index (κ3) is 4.26. The zero-order chi connectivity index (χ0) is 20.1. The minimum absolute atomic E-state index is 0.164. The van der Waals surface area contributed by atoms with Gasteiger partial charge in [0.2, 0.25) is 0 Å². The molecular weight excluding hydrogens is 440 g/mol. The van der Waals surface area contributed by atoms with Crippen LogP contribution in [0.25, 0.3) is 0 Å². The van der Waals surface area contributed by atoms with Crippen LogP contribution in [-0.4, -0.2) is 20.9 Å². The molecule has 3 aromatic rings. The van der Waals surface area contributed by atoms with Crippen LogP contribution in [0, 0.1) is 0 Å². The SMILES string of the molecule is CCN(c1ccccc1)S(=O)(=O)c1ccc(NC(=O)c2ccccc2Br)cc1. The van der Waals surface area contributed by atoms with Crippen molar-refractivity contribution >= 4 is 43.2 Å². The van der Waals surface area contributed by atoms with Crippen LogP contribution >= 0.6 is 15.9 Å². The van der Waals surface area contributed by atoms with Gasteiger partial charge in [-0.1, -0.05) is 30.3 Å². The van der Waals surface area contributed by atoms with Gasteiger partial charge in [0, 0.05) is 16.7 Å². The molecule has 0 aromatic heterocycles. The highest BCUT2D eigenvalue weighted by Crippen LogP contribution is 2.25. The Morgan fingerprint density at radius 1 is 0.929 bits per heavy atom. The standard InChI is InChI=1S/C21H19BrN2O3S/c1-2-24(17-8-4-3-5-9-17)28(26,27)18-14-12-16(13-15-18)23-21(25)19-10-6-7-11-20(19)22/h3-15H,2H2,1H3,(H,23,25). The van der Waals surface area contributed by atoms with E-state index in [1.165, 1.54) is 16.4 Å². The van der Waals surface area contributed by atoms with Gasteiger partial charge in [0.1, 0.15) is 0 Å². The second-order valence-electron chi connectivity index (χ2n) is 5.96. The van der Waals surface area contributed by atoms with Crippen molar-refractivity contribution in [2.45, 2.75) is 11.8 Å². The lowest BCUT2D eigenvalue weighted by molar-refractivity contribution is 0.102. The summed E-state index contributed by atoms with van der Waals surface area (Å²) in [4.78, 5) is 12.6. The molecule has 1 N–H and O–H groups in total. The molecule has 1 amide bonds. The van der Waals surface area contributed by atoms with Gasteiger partial charge in [-0.2, -0.15) is 0 Å². The highest BCUT2D eigenvalue weighted by atomic mass is 79.9. The Balaban J connectivity index is 1.82. The highest BCUT2D eigenvalue weighted by Gasteiger charge is 2.23. The van der Waals surface area contributed by atoms with Crippen LogP contribution in [0.1, 0.15) is 17.3 Å². The first-order valence-electron chi connectivity index (χ1n) is 8.67. The molecule has 7 heteroatoms. The summed E-state index contributed by atoms with van der Waals surface area (Å²) in [6.45, 7) is 2.10. The van der Waals surface area contributed by atoms with Crippen molar-refractivity contribution < 1.29 is 13.2 Å². The summed E-state index contributed by atoms with van der Waals surface area (Å²) in [5.41, 5.74) is 1.62. The fourth-order valence-electron chi connectivity index (χ4n) is 2.77. The molecular formula is C21H19BrN2O3S. The Hall–Kier alpha value is -2.64. The van der Waals surface area contributed by atoms with Crippen LogP contribution < -0.4 is 9.62 Å². The maximum atomic E-state index is 13.0. The number of benzene rings is 3. The first-order valence-corrected chi connectivity index (χ1v) is 10.9. The number of carbonyl (C=O) groups excluding carboxylic acids is 1. The molecule has 0 unspecified atom stereocenters. The molecule has 0 bridgehead atoms. The number of rotatable bonds is 6. The number of halogens is 1. The highest BCUT2D eigenvalue weighted by molar-refractivity contribution is 9.10. The normalized spacial score (nSPS) is 11.1. The predicted octanol–water partition coefficient (Wildman–Crippen LogP) is 4.92. The van der Waals surface area contributed by atoms with E-state index in [1.54, 1.807) is 61.5 Å². The van der Waals surface area contributed by atoms with Gasteiger partial charge in [-0.15, -0.1) is 0 Å². The fraction of sp³-hybridized carbons (Fsp3) is 0.0952. The zero-order valence-corrected chi connectivity index (χ0v) is 17.6. The van der Waals surface area contributed by atoms with E-state index in [0.29, 0.717) is 28.0 Å². The van der Waals surface area contributed by atoms with Crippen molar-refractivity contribution in [3.8, 4) is 0 Å². The molecule has 3 rings (SSSR count). The van der Waals surface area contributed by atoms with Crippen molar-refractivity contribution in [3.05, 3.63) is 88.9 Å². The summed E-state index contributed by atoms with van der Waals surface area (Å²) in [5.74, 6) is -0.275. The summed E-state index contributed by atoms with van der Waals surface area (Å²) in [7, 11) is -3.70. The van der Waals surface area contributed by atoms with Gasteiger partial charge in [-0.3, -0.25) is 9.10 Å². The molecule has 144 valence electrons. The molecule has 5 nitrogen and oxygen atoms in total. The summed E-state index contributed by atoms with van der Waals surface area (Å²) in [5, 5.41) is 2.78. The molecule has 0 saturated heterocycles. The third-order valence-electron chi connectivity index (χ3n) is 4.15. The van der Waals surface area contributed by atoms with Gasteiger partial charge in [0.25, 0.3) is 15.9 Å². The van der Waals surface area contributed by atoms with Gasteiger partial charge in [-0.25, -0.2) is 8.42 Å². The molecule has 0 aliphatic carbocycles. The van der Waals surface area contributed by atoms with Crippen molar-refractivity contribution in [1.29, 1.82) is 0 Å². The number of amides is 1. The average Bonchev–Trinajstić information content (AvgIpc) is 2.70. The minimum Gasteiger partial charge on any atom is -0.322 e. The lowest BCUT2D eigenvalue weighted by Gasteiger charge is -2.23. The molecule has 0 saturated carbocycles. The second kappa shape index (κ2) is 8.58. The van der Waals surface area contributed by atoms with Gasteiger partial charge in [-0.05, 0) is 71.4 Å². The van der Waals surface area contributed by atoms with Crippen LogP contribution in [0.4, 0.5) is 11.4 Å². The Bertz CT molecular complexity index is 1070. The quantitative estimate of drug-likeness (QED) is 0.569. The number of hydrogen-bond donors (Lipinski definition) is 1. The van der Waals surface area contributed by atoms with E-state index in [9.17, 15) is 13.2 Å². The van der Waals surface area contributed by atoms with Crippen LogP contribution in [0.2, 0.25) is 0 Å². The van der Waals surface area contributed by atoms with Crippen molar-refractivity contribution in [1.82, 2.24) is 0 Å². The van der Waals surface area contributed by atoms with Crippen LogP contribution in [-0.2, 0) is 10.0 Å². The summed E-state index contributed by atoms with van der Waals surface area (Å²) in [6.07, 6.45) is 0. The fourth-order valence-corrected chi connectivity index (χ4v) is 4.71. The summed E-state index contributed by atoms with van der Waals surface area (Å²) < 4.78 is 28.0. The lowest BCUT2D eigenvalue weighted by Crippen LogP contribution is -2.30. The number of nitrogens with one attached hydrogen (secondary N) is 1. The molecule has 0 aliphatic heterocycles. The van der Waals surface area contributed by atoms with Crippen LogP contribution in [0.5, 0.6) is 0 Å². The van der Waals surface area contributed by atoms with Gasteiger partial charge < -0.3 is 5.32 Å². The van der Waals surface area contributed by atoms with E-state index in [1.807, 2.05) is 12.1 Å². The van der Waals surface area contributed by atoms with E-state index >= 15 is 0 Å². The maximum Gasteiger partial charge on any atom is 0.264 e. The molecule has 0 spiro atoms. The molecule has 3 aromatic carbocycles. The number of para-hydroxylation sites is 1. The first-order chi connectivity index (χ1) is 13.4. The average molecular weight is 459 g/mol. The van der Waals surface area contributed by atoms with Crippen molar-refractivity contribution in [2.75, 3.05) is 16.2 Å².